The van der Waals surface area contributed by atoms with Crippen molar-refractivity contribution in [3.05, 3.63) is 58.6 Å². The first-order valence-corrected chi connectivity index (χ1v) is 10.9. The van der Waals surface area contributed by atoms with Crippen LogP contribution in [0.5, 0.6) is 0 Å². The summed E-state index contributed by atoms with van der Waals surface area (Å²) in [5.41, 5.74) is 2.34. The molecule has 1 fully saturated rings. The lowest BCUT2D eigenvalue weighted by atomic mass is 10.2. The fourth-order valence-electron chi connectivity index (χ4n) is 3.19. The summed E-state index contributed by atoms with van der Waals surface area (Å²) >= 11 is 6.08. The average Bonchev–Trinajstić information content (AvgIpc) is 2.69. The molecule has 1 aliphatic heterocycles. The van der Waals surface area contributed by atoms with Crippen LogP contribution in [0.15, 0.2) is 47.4 Å². The number of sulfonamides is 1. The van der Waals surface area contributed by atoms with E-state index in [1.54, 1.807) is 24.0 Å². The minimum atomic E-state index is -3.56. The molecule has 1 aliphatic rings. The molecular formula is C20H24ClN3O3S. The van der Waals surface area contributed by atoms with Gasteiger partial charge in [0, 0.05) is 26.2 Å². The van der Waals surface area contributed by atoms with Crippen molar-refractivity contribution in [2.24, 2.45) is 0 Å². The van der Waals surface area contributed by atoms with Gasteiger partial charge in [-0.15, -0.1) is 0 Å². The molecule has 1 amide bonds. The summed E-state index contributed by atoms with van der Waals surface area (Å²) in [5, 5.41) is 3.59. The maximum Gasteiger partial charge on any atom is 0.243 e. The number of anilines is 1. The molecule has 0 bridgehead atoms. The molecular weight excluding hydrogens is 398 g/mol. The van der Waals surface area contributed by atoms with Crippen LogP contribution >= 0.6 is 11.6 Å². The van der Waals surface area contributed by atoms with Gasteiger partial charge in [-0.25, -0.2) is 8.42 Å². The molecule has 1 heterocycles. The number of aryl methyl sites for hydroxylation is 2. The molecule has 0 aliphatic carbocycles. The molecule has 2 aromatic carbocycles. The smallest absolute Gasteiger partial charge is 0.243 e. The Hall–Kier alpha value is -2.09. The van der Waals surface area contributed by atoms with E-state index < -0.39 is 10.0 Å². The van der Waals surface area contributed by atoms with Gasteiger partial charge >= 0.3 is 0 Å². The molecule has 0 saturated carbocycles. The third kappa shape index (κ3) is 4.48. The molecule has 2 aromatic rings. The topological polar surface area (TPSA) is 69.7 Å². The first-order valence-electron chi connectivity index (χ1n) is 9.12. The Balaban J connectivity index is 1.60. The zero-order chi connectivity index (χ0) is 20.3. The highest BCUT2D eigenvalue weighted by Gasteiger charge is 2.31. The number of hydrogen-bond acceptors (Lipinski definition) is 4. The predicted molar refractivity (Wildman–Crippen MR) is 111 cm³/mol. The molecule has 0 atom stereocenters. The zero-order valence-corrected chi connectivity index (χ0v) is 17.6. The molecule has 3 rings (SSSR count). The molecule has 6 nitrogen and oxygen atoms in total. The molecule has 1 N–H and O–H groups in total. The molecule has 8 heteroatoms. The normalized spacial score (nSPS) is 15.5. The first-order chi connectivity index (χ1) is 13.3. The summed E-state index contributed by atoms with van der Waals surface area (Å²) in [4.78, 5) is 14.5. The number of halogens is 1. The highest BCUT2D eigenvalue weighted by atomic mass is 35.5. The van der Waals surface area contributed by atoms with Crippen molar-refractivity contribution in [2.75, 3.05) is 38.0 Å². The van der Waals surface area contributed by atoms with Crippen LogP contribution in [0.1, 0.15) is 11.1 Å². The van der Waals surface area contributed by atoms with Gasteiger partial charge in [-0.3, -0.25) is 4.79 Å². The standard InChI is InChI=1S/C20H24ClN3O3S/c1-15-7-8-16(2)19(13-15)28(26,27)24-11-9-23(10-12-24)20(25)14-22-18-6-4-3-5-17(18)21/h3-8,13,22H,9-12,14H2,1-2H3. The van der Waals surface area contributed by atoms with E-state index >= 15 is 0 Å². The SMILES string of the molecule is Cc1ccc(C)c(S(=O)(=O)N2CCN(C(=O)CNc3ccccc3Cl)CC2)c1. The van der Waals surface area contributed by atoms with E-state index in [1.807, 2.05) is 37.3 Å². The van der Waals surface area contributed by atoms with Crippen molar-refractivity contribution >= 4 is 33.2 Å². The van der Waals surface area contributed by atoms with Crippen molar-refractivity contribution in [3.63, 3.8) is 0 Å². The molecule has 0 aromatic heterocycles. The van der Waals surface area contributed by atoms with E-state index in [-0.39, 0.29) is 25.5 Å². The van der Waals surface area contributed by atoms with Crippen LogP contribution in [-0.2, 0) is 14.8 Å². The van der Waals surface area contributed by atoms with E-state index in [1.165, 1.54) is 4.31 Å². The third-order valence-corrected chi connectivity index (χ3v) is 7.23. The van der Waals surface area contributed by atoms with Crippen LogP contribution in [-0.4, -0.2) is 56.3 Å². The lowest BCUT2D eigenvalue weighted by Gasteiger charge is -2.34. The second-order valence-electron chi connectivity index (χ2n) is 6.89. The Labute approximate surface area is 171 Å². The Morgan fingerprint density at radius 1 is 1.07 bits per heavy atom. The lowest BCUT2D eigenvalue weighted by Crippen LogP contribution is -2.51. The summed E-state index contributed by atoms with van der Waals surface area (Å²) in [7, 11) is -3.56. The summed E-state index contributed by atoms with van der Waals surface area (Å²) in [5.74, 6) is -0.0799. The highest BCUT2D eigenvalue weighted by Crippen LogP contribution is 2.23. The van der Waals surface area contributed by atoms with Gasteiger partial charge in [0.05, 0.1) is 22.2 Å². The lowest BCUT2D eigenvalue weighted by molar-refractivity contribution is -0.130. The molecule has 28 heavy (non-hydrogen) atoms. The van der Waals surface area contributed by atoms with Crippen molar-refractivity contribution in [1.29, 1.82) is 0 Å². The molecule has 1 saturated heterocycles. The van der Waals surface area contributed by atoms with Crippen molar-refractivity contribution in [1.82, 2.24) is 9.21 Å². The Morgan fingerprint density at radius 2 is 1.75 bits per heavy atom. The van der Waals surface area contributed by atoms with Gasteiger partial charge in [0.2, 0.25) is 15.9 Å². The van der Waals surface area contributed by atoms with Gasteiger partial charge in [-0.1, -0.05) is 35.9 Å². The van der Waals surface area contributed by atoms with Crippen molar-refractivity contribution in [2.45, 2.75) is 18.7 Å². The third-order valence-electron chi connectivity index (χ3n) is 4.86. The van der Waals surface area contributed by atoms with Crippen LogP contribution in [0.25, 0.3) is 0 Å². The summed E-state index contributed by atoms with van der Waals surface area (Å²) in [6.45, 7) is 5.10. The molecule has 0 spiro atoms. The van der Waals surface area contributed by atoms with E-state index in [0.717, 1.165) is 11.1 Å². The number of nitrogens with one attached hydrogen (secondary N) is 1. The number of carbonyl (C=O) groups is 1. The van der Waals surface area contributed by atoms with Gasteiger partial charge in [0.25, 0.3) is 0 Å². The van der Waals surface area contributed by atoms with Crippen LogP contribution < -0.4 is 5.32 Å². The monoisotopic (exact) mass is 421 g/mol. The van der Waals surface area contributed by atoms with Crippen LogP contribution in [0.3, 0.4) is 0 Å². The number of carbonyl (C=O) groups excluding carboxylic acids is 1. The maximum atomic E-state index is 13.0. The van der Waals surface area contributed by atoms with Crippen LogP contribution in [0.2, 0.25) is 5.02 Å². The average molecular weight is 422 g/mol. The molecule has 0 radical (unpaired) electrons. The molecule has 0 unspecified atom stereocenters. The number of para-hydroxylation sites is 1. The van der Waals surface area contributed by atoms with E-state index in [2.05, 4.69) is 5.32 Å². The Morgan fingerprint density at radius 3 is 2.43 bits per heavy atom. The molecule has 150 valence electrons. The van der Waals surface area contributed by atoms with Gasteiger partial charge < -0.3 is 10.2 Å². The largest absolute Gasteiger partial charge is 0.375 e. The fourth-order valence-corrected chi connectivity index (χ4v) is 5.12. The quantitative estimate of drug-likeness (QED) is 0.805. The van der Waals surface area contributed by atoms with Crippen LogP contribution in [0, 0.1) is 13.8 Å². The predicted octanol–water partition coefficient (Wildman–Crippen LogP) is 2.90. The maximum absolute atomic E-state index is 13.0. The number of piperazine rings is 1. The van der Waals surface area contributed by atoms with Gasteiger partial charge in [-0.2, -0.15) is 4.31 Å². The summed E-state index contributed by atoms with van der Waals surface area (Å²) in [6, 6.07) is 12.7. The van der Waals surface area contributed by atoms with Crippen LogP contribution in [0.4, 0.5) is 5.69 Å². The number of rotatable bonds is 5. The number of hydrogen-bond donors (Lipinski definition) is 1. The van der Waals surface area contributed by atoms with E-state index in [9.17, 15) is 13.2 Å². The van der Waals surface area contributed by atoms with E-state index in [0.29, 0.717) is 28.7 Å². The van der Waals surface area contributed by atoms with Crippen molar-refractivity contribution < 1.29 is 13.2 Å². The number of amides is 1. The minimum Gasteiger partial charge on any atom is -0.375 e. The van der Waals surface area contributed by atoms with Crippen molar-refractivity contribution in [3.8, 4) is 0 Å². The minimum absolute atomic E-state index is 0.0799. The van der Waals surface area contributed by atoms with E-state index in [4.69, 9.17) is 11.6 Å². The highest BCUT2D eigenvalue weighted by molar-refractivity contribution is 7.89. The number of benzene rings is 2. The van der Waals surface area contributed by atoms with Gasteiger partial charge in [-0.05, 0) is 43.2 Å². The Bertz CT molecular complexity index is 970. The van der Waals surface area contributed by atoms with Gasteiger partial charge in [0.1, 0.15) is 0 Å². The summed E-state index contributed by atoms with van der Waals surface area (Å²) < 4.78 is 27.4. The first kappa shape index (κ1) is 20.6. The second-order valence-corrected chi connectivity index (χ2v) is 9.20. The second kappa shape index (κ2) is 8.51. The number of nitrogens with zero attached hydrogens (tertiary/aromatic N) is 2. The summed E-state index contributed by atoms with van der Waals surface area (Å²) in [6.07, 6.45) is 0. The fraction of sp³-hybridized carbons (Fsp3) is 0.350. The zero-order valence-electron chi connectivity index (χ0n) is 16.0. The van der Waals surface area contributed by atoms with Gasteiger partial charge in [0.15, 0.2) is 0 Å². The Kier molecular flexibility index (Phi) is 6.27.